The van der Waals surface area contributed by atoms with Crippen molar-refractivity contribution in [1.82, 2.24) is 0 Å². The molecule has 0 heterocycles. The number of nitro benzene ring substituents is 1. The van der Waals surface area contributed by atoms with Crippen LogP contribution in [0.2, 0.25) is 0 Å². The lowest BCUT2D eigenvalue weighted by molar-refractivity contribution is -0.384. The summed E-state index contributed by atoms with van der Waals surface area (Å²) in [7, 11) is 1.43. The number of ether oxygens (including phenoxy) is 3. The van der Waals surface area contributed by atoms with Crippen molar-refractivity contribution >= 4 is 29.5 Å². The van der Waals surface area contributed by atoms with Gasteiger partial charge in [0.2, 0.25) is 0 Å². The number of methoxy groups -OCH3 is 1. The number of aliphatic imine (C=N–C) groups is 1. The van der Waals surface area contributed by atoms with Gasteiger partial charge in [0, 0.05) is 18.3 Å². The second-order valence-electron chi connectivity index (χ2n) is 6.63. The zero-order valence-corrected chi connectivity index (χ0v) is 17.9. The molecule has 3 aromatic rings. The van der Waals surface area contributed by atoms with E-state index in [1.54, 1.807) is 55.6 Å². The van der Waals surface area contributed by atoms with Crippen LogP contribution in [0.3, 0.4) is 0 Å². The summed E-state index contributed by atoms with van der Waals surface area (Å²) in [6, 6.07) is 16.7. The number of carbonyl (C=O) groups is 2. The molecule has 0 atom stereocenters. The van der Waals surface area contributed by atoms with Gasteiger partial charge in [-0.25, -0.2) is 9.59 Å². The Bertz CT molecular complexity index is 1200. The molecule has 0 aliphatic carbocycles. The summed E-state index contributed by atoms with van der Waals surface area (Å²) in [4.78, 5) is 38.8. The van der Waals surface area contributed by atoms with Crippen molar-refractivity contribution in [3.8, 4) is 11.5 Å². The molecular formula is C24H20N2O7. The monoisotopic (exact) mass is 448 g/mol. The molecule has 0 radical (unpaired) electrons. The Balaban J connectivity index is 1.73. The van der Waals surface area contributed by atoms with E-state index in [4.69, 9.17) is 14.2 Å². The number of rotatable bonds is 8. The predicted octanol–water partition coefficient (Wildman–Crippen LogP) is 4.75. The molecule has 0 bridgehead atoms. The van der Waals surface area contributed by atoms with Gasteiger partial charge in [0.05, 0.1) is 35.5 Å². The van der Waals surface area contributed by atoms with Crippen molar-refractivity contribution in [2.24, 2.45) is 4.99 Å². The van der Waals surface area contributed by atoms with Crippen LogP contribution in [0.15, 0.2) is 71.7 Å². The normalized spacial score (nSPS) is 10.6. The highest BCUT2D eigenvalue weighted by Crippen LogP contribution is 2.29. The Morgan fingerprint density at radius 3 is 2.39 bits per heavy atom. The smallest absolute Gasteiger partial charge is 0.343 e. The Hall–Kier alpha value is -4.53. The molecule has 0 aliphatic rings. The van der Waals surface area contributed by atoms with Gasteiger partial charge in [-0.05, 0) is 61.0 Å². The van der Waals surface area contributed by atoms with E-state index in [-0.39, 0.29) is 22.7 Å². The fourth-order valence-corrected chi connectivity index (χ4v) is 2.80. The number of hydrogen-bond acceptors (Lipinski definition) is 8. The first kappa shape index (κ1) is 23.1. The third-order valence-electron chi connectivity index (χ3n) is 4.42. The first-order chi connectivity index (χ1) is 15.9. The van der Waals surface area contributed by atoms with E-state index >= 15 is 0 Å². The van der Waals surface area contributed by atoms with Gasteiger partial charge in [-0.3, -0.25) is 15.1 Å². The number of benzene rings is 3. The molecule has 0 N–H and O–H groups in total. The maximum Gasteiger partial charge on any atom is 0.343 e. The maximum absolute atomic E-state index is 12.4. The van der Waals surface area contributed by atoms with Crippen LogP contribution in [0.4, 0.5) is 11.4 Å². The lowest BCUT2D eigenvalue weighted by Gasteiger charge is -2.10. The molecule has 0 unspecified atom stereocenters. The van der Waals surface area contributed by atoms with E-state index in [1.807, 2.05) is 0 Å². The second kappa shape index (κ2) is 10.7. The topological polar surface area (TPSA) is 117 Å². The number of nitro groups is 1. The summed E-state index contributed by atoms with van der Waals surface area (Å²) < 4.78 is 15.6. The number of esters is 2. The predicted molar refractivity (Wildman–Crippen MR) is 121 cm³/mol. The zero-order valence-electron chi connectivity index (χ0n) is 17.9. The van der Waals surface area contributed by atoms with Crippen molar-refractivity contribution in [2.75, 3.05) is 13.7 Å². The van der Waals surface area contributed by atoms with Crippen LogP contribution in [0.5, 0.6) is 11.5 Å². The Morgan fingerprint density at radius 1 is 0.970 bits per heavy atom. The summed E-state index contributed by atoms with van der Waals surface area (Å²) >= 11 is 0. The van der Waals surface area contributed by atoms with Gasteiger partial charge in [0.1, 0.15) is 0 Å². The summed E-state index contributed by atoms with van der Waals surface area (Å²) in [5.74, 6) is -0.701. The molecule has 0 saturated carbocycles. The highest BCUT2D eigenvalue weighted by Gasteiger charge is 2.16. The molecule has 9 nitrogen and oxygen atoms in total. The van der Waals surface area contributed by atoms with E-state index in [0.29, 0.717) is 23.4 Å². The van der Waals surface area contributed by atoms with Crippen molar-refractivity contribution in [2.45, 2.75) is 6.92 Å². The Morgan fingerprint density at radius 2 is 1.73 bits per heavy atom. The third kappa shape index (κ3) is 6.01. The third-order valence-corrected chi connectivity index (χ3v) is 4.42. The lowest BCUT2D eigenvalue weighted by atomic mass is 10.2. The molecule has 0 aliphatic heterocycles. The van der Waals surface area contributed by atoms with Crippen LogP contribution in [-0.2, 0) is 4.74 Å². The zero-order chi connectivity index (χ0) is 23.8. The summed E-state index contributed by atoms with van der Waals surface area (Å²) in [6.45, 7) is 2.04. The first-order valence-electron chi connectivity index (χ1n) is 9.87. The highest BCUT2D eigenvalue weighted by molar-refractivity contribution is 5.92. The standard InChI is InChI=1S/C24H20N2O7/c1-3-32-23(27)17-8-10-19(11-9-17)25-15-16-7-12-21(22(13-16)31-2)33-24(28)18-5-4-6-20(14-18)26(29)30/h4-15H,3H2,1-2H3. The van der Waals surface area contributed by atoms with Gasteiger partial charge in [0.25, 0.3) is 5.69 Å². The molecule has 33 heavy (non-hydrogen) atoms. The molecule has 0 spiro atoms. The second-order valence-corrected chi connectivity index (χ2v) is 6.63. The minimum atomic E-state index is -0.750. The molecule has 168 valence electrons. The number of non-ortho nitro benzene ring substituents is 1. The van der Waals surface area contributed by atoms with Crippen molar-refractivity contribution in [1.29, 1.82) is 0 Å². The average Bonchev–Trinajstić information content (AvgIpc) is 2.83. The van der Waals surface area contributed by atoms with Crippen LogP contribution >= 0.6 is 0 Å². The van der Waals surface area contributed by atoms with Crippen LogP contribution < -0.4 is 9.47 Å². The lowest BCUT2D eigenvalue weighted by Crippen LogP contribution is -2.09. The molecule has 0 saturated heterocycles. The van der Waals surface area contributed by atoms with Gasteiger partial charge < -0.3 is 14.2 Å². The van der Waals surface area contributed by atoms with Crippen LogP contribution in [-0.4, -0.2) is 36.8 Å². The summed E-state index contributed by atoms with van der Waals surface area (Å²) in [5.41, 5.74) is 1.58. The maximum atomic E-state index is 12.4. The molecule has 0 aromatic heterocycles. The van der Waals surface area contributed by atoms with Crippen LogP contribution in [0.25, 0.3) is 0 Å². The number of hydrogen-bond donors (Lipinski definition) is 0. The minimum absolute atomic E-state index is 0.0446. The van der Waals surface area contributed by atoms with Crippen molar-refractivity contribution in [3.05, 3.63) is 93.5 Å². The van der Waals surface area contributed by atoms with E-state index in [1.165, 1.54) is 25.3 Å². The number of carbonyl (C=O) groups excluding carboxylic acids is 2. The van der Waals surface area contributed by atoms with Gasteiger partial charge in [-0.2, -0.15) is 0 Å². The van der Waals surface area contributed by atoms with Crippen molar-refractivity contribution < 1.29 is 28.7 Å². The number of nitrogens with zero attached hydrogens (tertiary/aromatic N) is 2. The largest absolute Gasteiger partial charge is 0.493 e. The summed E-state index contributed by atoms with van der Waals surface area (Å²) in [5, 5.41) is 10.9. The quantitative estimate of drug-likeness (QED) is 0.160. The fourth-order valence-electron chi connectivity index (χ4n) is 2.80. The molecule has 0 fully saturated rings. The Labute approximate surface area is 189 Å². The van der Waals surface area contributed by atoms with Gasteiger partial charge in [-0.1, -0.05) is 6.07 Å². The van der Waals surface area contributed by atoms with E-state index in [0.717, 1.165) is 6.07 Å². The van der Waals surface area contributed by atoms with Gasteiger partial charge in [0.15, 0.2) is 11.5 Å². The van der Waals surface area contributed by atoms with Crippen LogP contribution in [0.1, 0.15) is 33.2 Å². The molecule has 0 amide bonds. The van der Waals surface area contributed by atoms with E-state index in [9.17, 15) is 19.7 Å². The summed E-state index contributed by atoms with van der Waals surface area (Å²) in [6.07, 6.45) is 1.59. The first-order valence-corrected chi connectivity index (χ1v) is 9.87. The minimum Gasteiger partial charge on any atom is -0.493 e. The van der Waals surface area contributed by atoms with Gasteiger partial charge >= 0.3 is 11.9 Å². The van der Waals surface area contributed by atoms with Crippen LogP contribution in [0, 0.1) is 10.1 Å². The SMILES string of the molecule is CCOC(=O)c1ccc(N=Cc2ccc(OC(=O)c3cccc([N+](=O)[O-])c3)c(OC)c2)cc1. The van der Waals surface area contributed by atoms with Crippen molar-refractivity contribution in [3.63, 3.8) is 0 Å². The highest BCUT2D eigenvalue weighted by atomic mass is 16.6. The fraction of sp³-hybridized carbons (Fsp3) is 0.125. The molecule has 9 heteroatoms. The Kier molecular flexibility index (Phi) is 7.48. The van der Waals surface area contributed by atoms with Gasteiger partial charge in [-0.15, -0.1) is 0 Å². The molecule has 3 aromatic carbocycles. The average molecular weight is 448 g/mol. The van der Waals surface area contributed by atoms with E-state index < -0.39 is 16.9 Å². The molecule has 3 rings (SSSR count). The molecular weight excluding hydrogens is 428 g/mol. The van der Waals surface area contributed by atoms with E-state index in [2.05, 4.69) is 4.99 Å².